The van der Waals surface area contributed by atoms with Gasteiger partial charge in [-0.25, -0.2) is 0 Å². The van der Waals surface area contributed by atoms with Crippen molar-refractivity contribution in [1.29, 1.82) is 0 Å². The Balaban J connectivity index is 2.52. The maximum atomic E-state index is 8.74. The first kappa shape index (κ1) is 18.3. The molecule has 0 saturated carbocycles. The fourth-order valence-electron chi connectivity index (χ4n) is 2.21. The third-order valence-corrected chi connectivity index (χ3v) is 3.68. The Hall–Kier alpha value is -0.770. The average molecular weight is 314 g/mol. The predicted octanol–water partition coefficient (Wildman–Crippen LogP) is 4.33. The molecule has 0 fully saturated rings. The highest BCUT2D eigenvalue weighted by atomic mass is 35.5. The van der Waals surface area contributed by atoms with Crippen LogP contribution in [0, 0.1) is 0 Å². The summed E-state index contributed by atoms with van der Waals surface area (Å²) in [7, 11) is 0. The first-order valence-electron chi connectivity index (χ1n) is 7.95. The monoisotopic (exact) mass is 313 g/mol. The minimum absolute atomic E-state index is 0.230. The molecule has 1 aromatic carbocycles. The maximum Gasteiger partial charge on any atom is 0.124 e. The van der Waals surface area contributed by atoms with E-state index in [-0.39, 0.29) is 12.6 Å². The second kappa shape index (κ2) is 10.9. The van der Waals surface area contributed by atoms with Crippen molar-refractivity contribution in [3.05, 3.63) is 28.8 Å². The maximum absolute atomic E-state index is 8.74. The Morgan fingerprint density at radius 2 is 2.00 bits per heavy atom. The molecule has 0 aliphatic carbocycles. The van der Waals surface area contributed by atoms with E-state index < -0.39 is 0 Å². The molecule has 2 N–H and O–H groups in total. The summed E-state index contributed by atoms with van der Waals surface area (Å²) in [5.74, 6) is 0.915. The Kier molecular flexibility index (Phi) is 9.48. The molecule has 1 unspecified atom stereocenters. The number of ether oxygens (including phenoxy) is 1. The topological polar surface area (TPSA) is 41.5 Å². The summed E-state index contributed by atoms with van der Waals surface area (Å²) in [5, 5.41) is 13.0. The molecule has 0 saturated heterocycles. The molecule has 120 valence electrons. The van der Waals surface area contributed by atoms with Crippen LogP contribution in [0.15, 0.2) is 18.2 Å². The fraction of sp³-hybridized carbons (Fsp3) is 0.647. The van der Waals surface area contributed by atoms with E-state index in [1.807, 2.05) is 18.2 Å². The van der Waals surface area contributed by atoms with Crippen molar-refractivity contribution < 1.29 is 9.84 Å². The van der Waals surface area contributed by atoms with Gasteiger partial charge in [0.15, 0.2) is 0 Å². The number of benzene rings is 1. The van der Waals surface area contributed by atoms with Gasteiger partial charge in [-0.1, -0.05) is 24.9 Å². The van der Waals surface area contributed by atoms with Crippen LogP contribution in [0.3, 0.4) is 0 Å². The van der Waals surface area contributed by atoms with E-state index in [1.54, 1.807) is 0 Å². The molecule has 1 rings (SSSR count). The molecule has 0 heterocycles. The lowest BCUT2D eigenvalue weighted by Gasteiger charge is -2.18. The Morgan fingerprint density at radius 3 is 2.71 bits per heavy atom. The van der Waals surface area contributed by atoms with E-state index >= 15 is 0 Å². The molecule has 1 aromatic rings. The summed E-state index contributed by atoms with van der Waals surface area (Å²) in [6.07, 6.45) is 5.14. The van der Waals surface area contributed by atoms with Crippen LogP contribution >= 0.6 is 11.6 Å². The van der Waals surface area contributed by atoms with E-state index in [9.17, 15) is 0 Å². The molecular weight excluding hydrogens is 286 g/mol. The van der Waals surface area contributed by atoms with Crippen molar-refractivity contribution in [3.63, 3.8) is 0 Å². The molecule has 4 heteroatoms. The third kappa shape index (κ3) is 7.16. The van der Waals surface area contributed by atoms with E-state index in [4.69, 9.17) is 21.4 Å². The zero-order chi connectivity index (χ0) is 15.5. The molecule has 1 atom stereocenters. The largest absolute Gasteiger partial charge is 0.493 e. The van der Waals surface area contributed by atoms with Crippen LogP contribution in [-0.2, 0) is 0 Å². The number of aliphatic hydroxyl groups is 1. The number of halogens is 1. The van der Waals surface area contributed by atoms with Gasteiger partial charge in [0.05, 0.1) is 6.61 Å². The van der Waals surface area contributed by atoms with Crippen molar-refractivity contribution in [2.24, 2.45) is 0 Å². The highest BCUT2D eigenvalue weighted by Gasteiger charge is 2.11. The molecule has 21 heavy (non-hydrogen) atoms. The summed E-state index contributed by atoms with van der Waals surface area (Å²) in [4.78, 5) is 0. The van der Waals surface area contributed by atoms with Crippen LogP contribution in [0.2, 0.25) is 5.02 Å². The molecular formula is C17H28ClNO2. The van der Waals surface area contributed by atoms with Crippen molar-refractivity contribution in [3.8, 4) is 5.75 Å². The summed E-state index contributed by atoms with van der Waals surface area (Å²) in [6.45, 7) is 6.26. The van der Waals surface area contributed by atoms with Gasteiger partial charge in [0.1, 0.15) is 5.75 Å². The summed E-state index contributed by atoms with van der Waals surface area (Å²) in [6, 6.07) is 6.04. The number of nitrogens with one attached hydrogen (secondary N) is 1. The third-order valence-electron chi connectivity index (χ3n) is 3.45. The Morgan fingerprint density at radius 1 is 1.24 bits per heavy atom. The smallest absolute Gasteiger partial charge is 0.124 e. The van der Waals surface area contributed by atoms with E-state index in [2.05, 4.69) is 19.2 Å². The van der Waals surface area contributed by atoms with Crippen LogP contribution in [-0.4, -0.2) is 24.9 Å². The first-order chi connectivity index (χ1) is 10.2. The van der Waals surface area contributed by atoms with E-state index in [1.165, 1.54) is 0 Å². The molecule has 3 nitrogen and oxygen atoms in total. The molecule has 0 spiro atoms. The first-order valence-corrected chi connectivity index (χ1v) is 8.33. The van der Waals surface area contributed by atoms with Crippen LogP contribution in [0.25, 0.3) is 0 Å². The van der Waals surface area contributed by atoms with Gasteiger partial charge in [-0.05, 0) is 57.4 Å². The molecule has 0 amide bonds. The van der Waals surface area contributed by atoms with Crippen molar-refractivity contribution in [1.82, 2.24) is 5.32 Å². The minimum Gasteiger partial charge on any atom is -0.493 e. The van der Waals surface area contributed by atoms with Crippen molar-refractivity contribution in [2.45, 2.75) is 52.0 Å². The zero-order valence-electron chi connectivity index (χ0n) is 13.2. The lowest BCUT2D eigenvalue weighted by Crippen LogP contribution is -2.20. The number of unbranched alkanes of at least 4 members (excludes halogenated alkanes) is 3. The van der Waals surface area contributed by atoms with Gasteiger partial charge in [-0.3, -0.25) is 0 Å². The predicted molar refractivity (Wildman–Crippen MR) is 89.2 cm³/mol. The van der Waals surface area contributed by atoms with Gasteiger partial charge in [0, 0.05) is 23.2 Å². The summed E-state index contributed by atoms with van der Waals surface area (Å²) >= 11 is 6.11. The van der Waals surface area contributed by atoms with Gasteiger partial charge in [0.25, 0.3) is 0 Å². The summed E-state index contributed by atoms with van der Waals surface area (Å²) < 4.78 is 5.91. The number of hydrogen-bond donors (Lipinski definition) is 2. The molecule has 0 bridgehead atoms. The van der Waals surface area contributed by atoms with Crippen LogP contribution in [0.1, 0.15) is 57.6 Å². The van der Waals surface area contributed by atoms with Crippen molar-refractivity contribution >= 4 is 11.6 Å². The SMILES string of the molecule is CCCNC(C)c1cc(Cl)ccc1OCCCCCCO. The lowest BCUT2D eigenvalue weighted by atomic mass is 10.1. The molecule has 0 radical (unpaired) electrons. The van der Waals surface area contributed by atoms with Gasteiger partial charge in [0.2, 0.25) is 0 Å². The summed E-state index contributed by atoms with van der Waals surface area (Å²) in [5.41, 5.74) is 1.12. The quantitative estimate of drug-likeness (QED) is 0.597. The van der Waals surface area contributed by atoms with Crippen LogP contribution in [0.5, 0.6) is 5.75 Å². The molecule has 0 aliphatic heterocycles. The van der Waals surface area contributed by atoms with Crippen LogP contribution < -0.4 is 10.1 Å². The second-order valence-electron chi connectivity index (χ2n) is 5.34. The number of rotatable bonds is 11. The van der Waals surface area contributed by atoms with E-state index in [0.29, 0.717) is 6.61 Å². The standard InChI is InChI=1S/C17H28ClNO2/c1-3-10-19-14(2)16-13-15(18)8-9-17(16)21-12-7-5-4-6-11-20/h8-9,13-14,19-20H,3-7,10-12H2,1-2H3. The normalized spacial score (nSPS) is 12.4. The highest BCUT2D eigenvalue weighted by molar-refractivity contribution is 6.30. The Labute approximate surface area is 133 Å². The molecule has 0 aromatic heterocycles. The fourth-order valence-corrected chi connectivity index (χ4v) is 2.39. The minimum atomic E-state index is 0.230. The number of aliphatic hydroxyl groups excluding tert-OH is 1. The average Bonchev–Trinajstić information content (AvgIpc) is 2.49. The van der Waals surface area contributed by atoms with Gasteiger partial charge >= 0.3 is 0 Å². The number of hydrogen-bond acceptors (Lipinski definition) is 3. The van der Waals surface area contributed by atoms with Crippen LogP contribution in [0.4, 0.5) is 0 Å². The van der Waals surface area contributed by atoms with Gasteiger partial charge in [-0.2, -0.15) is 0 Å². The van der Waals surface area contributed by atoms with Gasteiger partial charge in [-0.15, -0.1) is 0 Å². The molecule has 0 aliphatic rings. The highest BCUT2D eigenvalue weighted by Crippen LogP contribution is 2.28. The second-order valence-corrected chi connectivity index (χ2v) is 5.78. The Bertz CT molecular complexity index is 398. The van der Waals surface area contributed by atoms with E-state index in [0.717, 1.165) is 55.0 Å². The van der Waals surface area contributed by atoms with Gasteiger partial charge < -0.3 is 15.2 Å². The van der Waals surface area contributed by atoms with Crippen molar-refractivity contribution in [2.75, 3.05) is 19.8 Å². The zero-order valence-corrected chi connectivity index (χ0v) is 14.0. The lowest BCUT2D eigenvalue weighted by molar-refractivity contribution is 0.272.